The van der Waals surface area contributed by atoms with Crippen LogP contribution in [-0.2, 0) is 9.47 Å². The SMILES string of the molecule is COCC(CNc1ncnc2sc(C)c(C)c12)OC. The lowest BCUT2D eigenvalue weighted by molar-refractivity contribution is 0.0365. The molecule has 0 fully saturated rings. The molecule has 0 radical (unpaired) electrons. The summed E-state index contributed by atoms with van der Waals surface area (Å²) >= 11 is 1.70. The van der Waals surface area contributed by atoms with E-state index in [1.807, 2.05) is 0 Å². The quantitative estimate of drug-likeness (QED) is 0.881. The van der Waals surface area contributed by atoms with Crippen LogP contribution in [0.1, 0.15) is 10.4 Å². The molecule has 2 aromatic rings. The van der Waals surface area contributed by atoms with Crippen LogP contribution in [0.15, 0.2) is 6.33 Å². The Bertz CT molecular complexity index is 556. The van der Waals surface area contributed by atoms with Crippen molar-refractivity contribution in [2.45, 2.75) is 20.0 Å². The van der Waals surface area contributed by atoms with Gasteiger partial charge in [0.15, 0.2) is 0 Å². The summed E-state index contributed by atoms with van der Waals surface area (Å²) in [5.41, 5.74) is 1.24. The molecule has 104 valence electrons. The second-order valence-corrected chi connectivity index (χ2v) is 5.58. The van der Waals surface area contributed by atoms with Gasteiger partial charge in [-0.2, -0.15) is 0 Å². The predicted octanol–water partition coefficient (Wildman–Crippen LogP) is 2.38. The second-order valence-electron chi connectivity index (χ2n) is 4.38. The maximum Gasteiger partial charge on any atom is 0.138 e. The molecule has 0 saturated heterocycles. The Morgan fingerprint density at radius 1 is 1.32 bits per heavy atom. The van der Waals surface area contributed by atoms with E-state index in [2.05, 4.69) is 29.1 Å². The summed E-state index contributed by atoms with van der Waals surface area (Å²) in [5.74, 6) is 0.866. The molecule has 6 heteroatoms. The minimum Gasteiger partial charge on any atom is -0.382 e. The van der Waals surface area contributed by atoms with Gasteiger partial charge in [-0.15, -0.1) is 11.3 Å². The first-order valence-corrected chi connectivity index (χ1v) is 6.95. The Labute approximate surface area is 117 Å². The first kappa shape index (κ1) is 14.2. The van der Waals surface area contributed by atoms with Gasteiger partial charge in [-0.3, -0.25) is 0 Å². The number of fused-ring (bicyclic) bond motifs is 1. The van der Waals surface area contributed by atoms with Crippen LogP contribution in [0.5, 0.6) is 0 Å². The highest BCUT2D eigenvalue weighted by Gasteiger charge is 2.13. The monoisotopic (exact) mass is 281 g/mol. The van der Waals surface area contributed by atoms with Crippen molar-refractivity contribution in [3.8, 4) is 0 Å². The van der Waals surface area contributed by atoms with E-state index in [0.717, 1.165) is 16.0 Å². The summed E-state index contributed by atoms with van der Waals surface area (Å²) in [6.45, 7) is 5.42. The van der Waals surface area contributed by atoms with Crippen LogP contribution in [0.2, 0.25) is 0 Å². The van der Waals surface area contributed by atoms with Gasteiger partial charge < -0.3 is 14.8 Å². The number of nitrogens with zero attached hydrogens (tertiary/aromatic N) is 2. The van der Waals surface area contributed by atoms with Gasteiger partial charge in [0.2, 0.25) is 0 Å². The standard InChI is InChI=1S/C13H19N3O2S/c1-8-9(2)19-13-11(8)12(15-7-16-13)14-5-10(18-4)6-17-3/h7,10H,5-6H2,1-4H3,(H,14,15,16). The molecule has 0 aliphatic heterocycles. The first-order chi connectivity index (χ1) is 9.17. The normalized spacial score (nSPS) is 12.8. The molecule has 0 amide bonds. The molecule has 2 heterocycles. The average molecular weight is 281 g/mol. The van der Waals surface area contributed by atoms with E-state index >= 15 is 0 Å². The fraction of sp³-hybridized carbons (Fsp3) is 0.538. The van der Waals surface area contributed by atoms with Gasteiger partial charge in [-0.05, 0) is 19.4 Å². The number of nitrogens with one attached hydrogen (secondary N) is 1. The van der Waals surface area contributed by atoms with Crippen LogP contribution in [0, 0.1) is 13.8 Å². The summed E-state index contributed by atoms with van der Waals surface area (Å²) < 4.78 is 10.4. The zero-order valence-corrected chi connectivity index (χ0v) is 12.5. The number of methoxy groups -OCH3 is 2. The van der Waals surface area contributed by atoms with E-state index in [1.54, 1.807) is 31.9 Å². The third-order valence-electron chi connectivity index (χ3n) is 3.15. The molecule has 5 nitrogen and oxygen atoms in total. The largest absolute Gasteiger partial charge is 0.382 e. The molecule has 1 unspecified atom stereocenters. The molecule has 1 atom stereocenters. The van der Waals surface area contributed by atoms with Crippen molar-refractivity contribution in [1.82, 2.24) is 9.97 Å². The number of rotatable bonds is 6. The van der Waals surface area contributed by atoms with Gasteiger partial charge in [-0.25, -0.2) is 9.97 Å². The highest BCUT2D eigenvalue weighted by molar-refractivity contribution is 7.18. The molecule has 0 bridgehead atoms. The number of anilines is 1. The molecule has 0 saturated carbocycles. The fourth-order valence-corrected chi connectivity index (χ4v) is 2.92. The van der Waals surface area contributed by atoms with E-state index in [0.29, 0.717) is 13.2 Å². The minimum atomic E-state index is 0.00931. The van der Waals surface area contributed by atoms with Crippen LogP contribution in [-0.4, -0.2) is 43.4 Å². The lowest BCUT2D eigenvalue weighted by Gasteiger charge is -2.15. The number of aromatic nitrogens is 2. The molecular weight excluding hydrogens is 262 g/mol. The van der Waals surface area contributed by atoms with Crippen LogP contribution < -0.4 is 5.32 Å². The van der Waals surface area contributed by atoms with Gasteiger partial charge in [0.05, 0.1) is 18.1 Å². The molecule has 0 aliphatic carbocycles. The van der Waals surface area contributed by atoms with Gasteiger partial charge >= 0.3 is 0 Å². The van der Waals surface area contributed by atoms with Crippen LogP contribution in [0.3, 0.4) is 0 Å². The molecular formula is C13H19N3O2S. The van der Waals surface area contributed by atoms with Crippen molar-refractivity contribution >= 4 is 27.4 Å². The summed E-state index contributed by atoms with van der Waals surface area (Å²) in [6, 6.07) is 0. The molecule has 19 heavy (non-hydrogen) atoms. The highest BCUT2D eigenvalue weighted by atomic mass is 32.1. The molecule has 1 N–H and O–H groups in total. The third kappa shape index (κ3) is 3.02. The van der Waals surface area contributed by atoms with E-state index in [9.17, 15) is 0 Å². The van der Waals surface area contributed by atoms with Gasteiger partial charge in [-0.1, -0.05) is 0 Å². The smallest absolute Gasteiger partial charge is 0.138 e. The summed E-state index contributed by atoms with van der Waals surface area (Å²) in [5, 5.41) is 4.44. The van der Waals surface area contributed by atoms with Crippen LogP contribution >= 0.6 is 11.3 Å². The fourth-order valence-electron chi connectivity index (χ4n) is 1.92. The Hall–Kier alpha value is -1.24. The van der Waals surface area contributed by atoms with E-state index < -0.39 is 0 Å². The van der Waals surface area contributed by atoms with Crippen molar-refractivity contribution in [2.24, 2.45) is 0 Å². The Balaban J connectivity index is 2.20. The topological polar surface area (TPSA) is 56.3 Å². The Morgan fingerprint density at radius 2 is 2.11 bits per heavy atom. The summed E-state index contributed by atoms with van der Waals surface area (Å²) in [4.78, 5) is 11.0. The molecule has 0 aromatic carbocycles. The van der Waals surface area contributed by atoms with E-state index in [4.69, 9.17) is 9.47 Å². The van der Waals surface area contributed by atoms with E-state index in [1.165, 1.54) is 10.4 Å². The van der Waals surface area contributed by atoms with Crippen molar-refractivity contribution in [2.75, 3.05) is 32.7 Å². The zero-order valence-electron chi connectivity index (χ0n) is 11.7. The highest BCUT2D eigenvalue weighted by Crippen LogP contribution is 2.32. The minimum absolute atomic E-state index is 0.00931. The molecule has 2 aromatic heterocycles. The number of hydrogen-bond donors (Lipinski definition) is 1. The van der Waals surface area contributed by atoms with Crippen LogP contribution in [0.4, 0.5) is 5.82 Å². The van der Waals surface area contributed by atoms with Crippen molar-refractivity contribution < 1.29 is 9.47 Å². The number of thiophene rings is 1. The van der Waals surface area contributed by atoms with E-state index in [-0.39, 0.29) is 6.10 Å². The van der Waals surface area contributed by atoms with Gasteiger partial charge in [0, 0.05) is 25.6 Å². The number of ether oxygens (including phenoxy) is 2. The Kier molecular flexibility index (Phi) is 4.68. The van der Waals surface area contributed by atoms with Gasteiger partial charge in [0.1, 0.15) is 17.0 Å². The predicted molar refractivity (Wildman–Crippen MR) is 78.1 cm³/mol. The summed E-state index contributed by atoms with van der Waals surface area (Å²) in [6.07, 6.45) is 1.60. The van der Waals surface area contributed by atoms with Crippen LogP contribution in [0.25, 0.3) is 10.2 Å². The number of hydrogen-bond acceptors (Lipinski definition) is 6. The van der Waals surface area contributed by atoms with Gasteiger partial charge in [0.25, 0.3) is 0 Å². The second kappa shape index (κ2) is 6.27. The summed E-state index contributed by atoms with van der Waals surface area (Å²) in [7, 11) is 3.35. The average Bonchev–Trinajstić information content (AvgIpc) is 2.71. The Morgan fingerprint density at radius 3 is 2.79 bits per heavy atom. The molecule has 2 rings (SSSR count). The first-order valence-electron chi connectivity index (χ1n) is 6.13. The van der Waals surface area contributed by atoms with Crippen molar-refractivity contribution in [3.05, 3.63) is 16.8 Å². The maximum absolute atomic E-state index is 5.33. The number of aryl methyl sites for hydroxylation is 2. The molecule has 0 aliphatic rings. The lowest BCUT2D eigenvalue weighted by Crippen LogP contribution is -2.27. The lowest BCUT2D eigenvalue weighted by atomic mass is 10.2. The molecule has 0 spiro atoms. The third-order valence-corrected chi connectivity index (χ3v) is 4.26. The van der Waals surface area contributed by atoms with Crippen molar-refractivity contribution in [1.29, 1.82) is 0 Å². The maximum atomic E-state index is 5.33. The van der Waals surface area contributed by atoms with Crippen molar-refractivity contribution in [3.63, 3.8) is 0 Å². The zero-order chi connectivity index (χ0) is 13.8.